The number of aromatic nitrogens is 3. The van der Waals surface area contributed by atoms with E-state index in [2.05, 4.69) is 10.3 Å². The Labute approximate surface area is 159 Å². The Kier molecular flexibility index (Phi) is 4.56. The van der Waals surface area contributed by atoms with Gasteiger partial charge in [0.1, 0.15) is 12.1 Å². The molecule has 1 fully saturated rings. The number of alkyl halides is 3. The summed E-state index contributed by atoms with van der Waals surface area (Å²) in [5.41, 5.74) is 1.21. The lowest BCUT2D eigenvalue weighted by Crippen LogP contribution is -2.38. The van der Waals surface area contributed by atoms with Gasteiger partial charge in [0.25, 0.3) is 0 Å². The van der Waals surface area contributed by atoms with Crippen LogP contribution in [0.15, 0.2) is 48.5 Å². The normalized spacial score (nSPS) is 15.6. The zero-order chi connectivity index (χ0) is 19.9. The van der Waals surface area contributed by atoms with E-state index < -0.39 is 17.8 Å². The van der Waals surface area contributed by atoms with Crippen molar-refractivity contribution < 1.29 is 18.0 Å². The van der Waals surface area contributed by atoms with Crippen LogP contribution in [0.4, 0.5) is 13.2 Å². The Morgan fingerprint density at radius 2 is 1.96 bits per heavy atom. The van der Waals surface area contributed by atoms with Crippen molar-refractivity contribution in [3.8, 4) is 0 Å². The molecule has 0 aliphatic heterocycles. The average Bonchev–Trinajstić information content (AvgIpc) is 3.42. The van der Waals surface area contributed by atoms with Gasteiger partial charge in [-0.15, -0.1) is 5.10 Å². The van der Waals surface area contributed by atoms with Crippen molar-refractivity contribution in [2.75, 3.05) is 0 Å². The van der Waals surface area contributed by atoms with E-state index in [-0.39, 0.29) is 18.5 Å². The standard InChI is InChI=1S/C20H19F3N4O/c1-13(14-5-4-6-15(11-14)20(21,22)23)27(16-9-10-16)19(28)12-26-18-8-3-2-7-17(18)24-25-26/h2-8,11,13,16H,9-10,12H2,1H3/t13-/m1/s1. The van der Waals surface area contributed by atoms with Gasteiger partial charge in [0, 0.05) is 6.04 Å². The summed E-state index contributed by atoms with van der Waals surface area (Å²) in [4.78, 5) is 14.7. The number of hydrogen-bond acceptors (Lipinski definition) is 3. The van der Waals surface area contributed by atoms with Gasteiger partial charge in [-0.25, -0.2) is 4.68 Å². The van der Waals surface area contributed by atoms with Crippen LogP contribution < -0.4 is 0 Å². The number of halogens is 3. The van der Waals surface area contributed by atoms with E-state index in [0.717, 1.165) is 30.5 Å². The summed E-state index contributed by atoms with van der Waals surface area (Å²) < 4.78 is 40.7. The molecule has 5 nitrogen and oxygen atoms in total. The molecule has 1 aliphatic carbocycles. The zero-order valence-electron chi connectivity index (χ0n) is 15.2. The maximum Gasteiger partial charge on any atom is 0.416 e. The van der Waals surface area contributed by atoms with Gasteiger partial charge >= 0.3 is 6.18 Å². The summed E-state index contributed by atoms with van der Waals surface area (Å²) in [6.07, 6.45) is -2.70. The first-order chi connectivity index (χ1) is 13.3. The first kappa shape index (κ1) is 18.5. The summed E-state index contributed by atoms with van der Waals surface area (Å²) in [6.45, 7) is 1.77. The molecule has 1 heterocycles. The van der Waals surface area contributed by atoms with E-state index in [1.54, 1.807) is 17.9 Å². The molecule has 0 N–H and O–H groups in total. The third-order valence-corrected chi connectivity index (χ3v) is 5.05. The van der Waals surface area contributed by atoms with Crippen LogP contribution in [-0.4, -0.2) is 31.8 Å². The molecular weight excluding hydrogens is 369 g/mol. The molecule has 1 saturated carbocycles. The van der Waals surface area contributed by atoms with Crippen LogP contribution in [0.25, 0.3) is 11.0 Å². The van der Waals surface area contributed by atoms with Crippen molar-refractivity contribution in [3.05, 3.63) is 59.7 Å². The summed E-state index contributed by atoms with van der Waals surface area (Å²) in [7, 11) is 0. The highest BCUT2D eigenvalue weighted by Gasteiger charge is 2.37. The fourth-order valence-corrected chi connectivity index (χ4v) is 3.47. The van der Waals surface area contributed by atoms with Gasteiger partial charge in [-0.05, 0) is 49.6 Å². The van der Waals surface area contributed by atoms with Crippen LogP contribution in [0.1, 0.15) is 36.9 Å². The maximum atomic E-state index is 13.1. The second kappa shape index (κ2) is 6.92. The molecule has 2 aromatic carbocycles. The van der Waals surface area contributed by atoms with Crippen LogP contribution in [-0.2, 0) is 17.5 Å². The smallest absolute Gasteiger partial charge is 0.331 e. The van der Waals surface area contributed by atoms with Crippen LogP contribution in [0.2, 0.25) is 0 Å². The summed E-state index contributed by atoms with van der Waals surface area (Å²) in [6, 6.07) is 12.1. The minimum atomic E-state index is -4.41. The van der Waals surface area contributed by atoms with E-state index in [1.807, 2.05) is 24.3 Å². The molecule has 146 valence electrons. The van der Waals surface area contributed by atoms with Gasteiger partial charge < -0.3 is 4.90 Å². The van der Waals surface area contributed by atoms with Crippen molar-refractivity contribution in [3.63, 3.8) is 0 Å². The first-order valence-electron chi connectivity index (χ1n) is 9.11. The van der Waals surface area contributed by atoms with Gasteiger partial charge in [0.2, 0.25) is 5.91 Å². The second-order valence-corrected chi connectivity index (χ2v) is 7.07. The van der Waals surface area contributed by atoms with E-state index in [4.69, 9.17) is 0 Å². The SMILES string of the molecule is C[C@H](c1cccc(C(F)(F)F)c1)N(C(=O)Cn1nnc2ccccc21)C1CC1. The maximum absolute atomic E-state index is 13.1. The van der Waals surface area contributed by atoms with Crippen LogP contribution in [0.3, 0.4) is 0 Å². The summed E-state index contributed by atoms with van der Waals surface area (Å²) in [5, 5.41) is 8.10. The molecule has 0 spiro atoms. The molecule has 4 rings (SSSR count). The minimum Gasteiger partial charge on any atom is -0.331 e. The van der Waals surface area contributed by atoms with Gasteiger partial charge in [-0.1, -0.05) is 29.5 Å². The van der Waals surface area contributed by atoms with Gasteiger partial charge in [-0.3, -0.25) is 4.79 Å². The highest BCUT2D eigenvalue weighted by molar-refractivity contribution is 5.80. The number of para-hydroxylation sites is 1. The number of hydrogen-bond donors (Lipinski definition) is 0. The molecule has 0 unspecified atom stereocenters. The third kappa shape index (κ3) is 3.58. The van der Waals surface area contributed by atoms with Crippen molar-refractivity contribution in [2.24, 2.45) is 0 Å². The van der Waals surface area contributed by atoms with Crippen LogP contribution >= 0.6 is 0 Å². The Morgan fingerprint density at radius 3 is 2.68 bits per heavy atom. The van der Waals surface area contributed by atoms with Gasteiger partial charge in [0.05, 0.1) is 17.1 Å². The fourth-order valence-electron chi connectivity index (χ4n) is 3.47. The molecule has 1 aliphatic rings. The lowest BCUT2D eigenvalue weighted by molar-refractivity contribution is -0.137. The van der Waals surface area contributed by atoms with E-state index in [1.165, 1.54) is 10.7 Å². The molecule has 1 amide bonds. The zero-order valence-corrected chi connectivity index (χ0v) is 15.2. The van der Waals surface area contributed by atoms with E-state index in [0.29, 0.717) is 11.1 Å². The fraction of sp³-hybridized carbons (Fsp3) is 0.350. The quantitative estimate of drug-likeness (QED) is 0.658. The lowest BCUT2D eigenvalue weighted by atomic mass is 10.0. The molecule has 0 saturated heterocycles. The molecule has 3 aromatic rings. The number of carbonyl (C=O) groups excluding carboxylic acids is 1. The Balaban J connectivity index is 1.59. The lowest BCUT2D eigenvalue weighted by Gasteiger charge is -2.30. The van der Waals surface area contributed by atoms with E-state index in [9.17, 15) is 18.0 Å². The predicted molar refractivity (Wildman–Crippen MR) is 97.3 cm³/mol. The largest absolute Gasteiger partial charge is 0.416 e. The van der Waals surface area contributed by atoms with Crippen molar-refractivity contribution in [2.45, 2.75) is 44.6 Å². The van der Waals surface area contributed by atoms with Crippen molar-refractivity contribution >= 4 is 16.9 Å². The molecule has 28 heavy (non-hydrogen) atoms. The second-order valence-electron chi connectivity index (χ2n) is 7.07. The number of amides is 1. The van der Waals surface area contributed by atoms with Gasteiger partial charge in [0.15, 0.2) is 0 Å². The molecule has 1 atom stereocenters. The van der Waals surface area contributed by atoms with Crippen LogP contribution in [0, 0.1) is 0 Å². The highest BCUT2D eigenvalue weighted by atomic mass is 19.4. The van der Waals surface area contributed by atoms with Gasteiger partial charge in [-0.2, -0.15) is 13.2 Å². The van der Waals surface area contributed by atoms with Crippen molar-refractivity contribution in [1.82, 2.24) is 19.9 Å². The molecular formula is C20H19F3N4O. The molecule has 1 aromatic heterocycles. The number of nitrogens with zero attached hydrogens (tertiary/aromatic N) is 4. The number of rotatable bonds is 5. The molecule has 0 radical (unpaired) electrons. The number of benzene rings is 2. The number of carbonyl (C=O) groups is 1. The number of fused-ring (bicyclic) bond motifs is 1. The highest BCUT2D eigenvalue weighted by Crippen LogP contribution is 2.37. The molecule has 8 heteroatoms. The predicted octanol–water partition coefficient (Wildman–Crippen LogP) is 4.20. The molecule has 0 bridgehead atoms. The topological polar surface area (TPSA) is 51.0 Å². The summed E-state index contributed by atoms with van der Waals surface area (Å²) >= 11 is 0. The first-order valence-corrected chi connectivity index (χ1v) is 9.11. The Bertz CT molecular complexity index is 1010. The Hall–Kier alpha value is -2.90. The Morgan fingerprint density at radius 1 is 1.21 bits per heavy atom. The monoisotopic (exact) mass is 388 g/mol. The average molecular weight is 388 g/mol. The summed E-state index contributed by atoms with van der Waals surface area (Å²) in [5.74, 6) is -0.178. The third-order valence-electron chi connectivity index (χ3n) is 5.05. The van der Waals surface area contributed by atoms with E-state index >= 15 is 0 Å². The minimum absolute atomic E-state index is 0.000312. The van der Waals surface area contributed by atoms with Crippen molar-refractivity contribution in [1.29, 1.82) is 0 Å². The van der Waals surface area contributed by atoms with Crippen LogP contribution in [0.5, 0.6) is 0 Å².